The second-order valence-corrected chi connectivity index (χ2v) is 5.70. The lowest BCUT2D eigenvalue weighted by Crippen LogP contribution is -2.16. The van der Waals surface area contributed by atoms with Crippen LogP contribution in [-0.4, -0.2) is 12.6 Å². The van der Waals surface area contributed by atoms with Gasteiger partial charge in [0.25, 0.3) is 0 Å². The molecule has 18 heavy (non-hydrogen) atoms. The summed E-state index contributed by atoms with van der Waals surface area (Å²) < 4.78 is 6.82. The number of benzene rings is 1. The standard InChI is InChI=1S/C14H17BrClNO/c1-10(7-16)9-18-14-11(3-2-4-13(14)15)8-17-12-5-6-12/h2-4,7,12,17H,5-6,8-9H2,1H3/b10-7-. The van der Waals surface area contributed by atoms with E-state index in [0.717, 1.165) is 22.3 Å². The molecule has 4 heteroatoms. The van der Waals surface area contributed by atoms with E-state index in [9.17, 15) is 0 Å². The summed E-state index contributed by atoms with van der Waals surface area (Å²) in [5.74, 6) is 0.906. The summed E-state index contributed by atoms with van der Waals surface area (Å²) in [5.41, 5.74) is 3.74. The molecule has 0 unspecified atom stereocenters. The van der Waals surface area contributed by atoms with Crippen molar-refractivity contribution in [2.24, 2.45) is 0 Å². The molecule has 1 saturated carbocycles. The Bertz CT molecular complexity index is 443. The highest BCUT2D eigenvalue weighted by atomic mass is 79.9. The van der Waals surface area contributed by atoms with E-state index in [4.69, 9.17) is 16.3 Å². The third-order valence-corrected chi connectivity index (χ3v) is 3.83. The van der Waals surface area contributed by atoms with Gasteiger partial charge < -0.3 is 10.1 Å². The van der Waals surface area contributed by atoms with Crippen LogP contribution in [0.5, 0.6) is 5.75 Å². The van der Waals surface area contributed by atoms with E-state index in [-0.39, 0.29) is 0 Å². The summed E-state index contributed by atoms with van der Waals surface area (Å²) in [6, 6.07) is 6.82. The van der Waals surface area contributed by atoms with Crippen LogP contribution in [0.2, 0.25) is 0 Å². The first kappa shape index (κ1) is 13.9. The lowest BCUT2D eigenvalue weighted by molar-refractivity contribution is 0.345. The predicted molar refractivity (Wildman–Crippen MR) is 79.1 cm³/mol. The van der Waals surface area contributed by atoms with Crippen LogP contribution in [0.1, 0.15) is 25.3 Å². The van der Waals surface area contributed by atoms with E-state index in [1.165, 1.54) is 18.4 Å². The van der Waals surface area contributed by atoms with Gasteiger partial charge in [-0.05, 0) is 47.3 Å². The number of ether oxygens (including phenoxy) is 1. The molecule has 98 valence electrons. The van der Waals surface area contributed by atoms with Crippen LogP contribution in [0, 0.1) is 0 Å². The normalized spacial score (nSPS) is 15.8. The quantitative estimate of drug-likeness (QED) is 0.843. The van der Waals surface area contributed by atoms with E-state index in [1.54, 1.807) is 5.54 Å². The van der Waals surface area contributed by atoms with Crippen molar-refractivity contribution in [1.29, 1.82) is 0 Å². The molecular formula is C14H17BrClNO. The molecule has 0 atom stereocenters. The van der Waals surface area contributed by atoms with Crippen molar-refractivity contribution in [2.75, 3.05) is 6.61 Å². The monoisotopic (exact) mass is 329 g/mol. The van der Waals surface area contributed by atoms with Crippen LogP contribution < -0.4 is 10.1 Å². The highest BCUT2D eigenvalue weighted by molar-refractivity contribution is 9.10. The zero-order valence-electron chi connectivity index (χ0n) is 10.4. The van der Waals surface area contributed by atoms with Crippen molar-refractivity contribution in [3.8, 4) is 5.75 Å². The molecule has 1 fully saturated rings. The smallest absolute Gasteiger partial charge is 0.138 e. The summed E-state index contributed by atoms with van der Waals surface area (Å²) in [6.45, 7) is 3.32. The lowest BCUT2D eigenvalue weighted by atomic mass is 10.2. The van der Waals surface area contributed by atoms with Crippen molar-refractivity contribution in [3.05, 3.63) is 39.3 Å². The van der Waals surface area contributed by atoms with Crippen molar-refractivity contribution in [1.82, 2.24) is 5.32 Å². The topological polar surface area (TPSA) is 21.3 Å². The number of para-hydroxylation sites is 1. The molecule has 1 aromatic rings. The average Bonchev–Trinajstić information content (AvgIpc) is 3.18. The van der Waals surface area contributed by atoms with Crippen LogP contribution >= 0.6 is 27.5 Å². The number of rotatable bonds is 6. The van der Waals surface area contributed by atoms with Gasteiger partial charge in [0, 0.05) is 23.7 Å². The van der Waals surface area contributed by atoms with Gasteiger partial charge in [0.2, 0.25) is 0 Å². The van der Waals surface area contributed by atoms with Gasteiger partial charge in [0.15, 0.2) is 0 Å². The summed E-state index contributed by atoms with van der Waals surface area (Å²) >= 11 is 9.18. The van der Waals surface area contributed by atoms with Crippen molar-refractivity contribution in [2.45, 2.75) is 32.4 Å². The summed E-state index contributed by atoms with van der Waals surface area (Å²) in [4.78, 5) is 0. The molecule has 0 aromatic heterocycles. The van der Waals surface area contributed by atoms with Crippen LogP contribution in [0.15, 0.2) is 33.8 Å². The molecule has 0 saturated heterocycles. The molecule has 0 spiro atoms. The Labute approximate surface area is 121 Å². The number of hydrogen-bond donors (Lipinski definition) is 1. The van der Waals surface area contributed by atoms with Crippen LogP contribution in [0.25, 0.3) is 0 Å². The summed E-state index contributed by atoms with van der Waals surface area (Å²) in [6.07, 6.45) is 2.58. The first-order chi connectivity index (χ1) is 8.70. The second kappa shape index (κ2) is 6.60. The average molecular weight is 331 g/mol. The Morgan fingerprint density at radius 2 is 2.33 bits per heavy atom. The van der Waals surface area contributed by atoms with Crippen molar-refractivity contribution in [3.63, 3.8) is 0 Å². The van der Waals surface area contributed by atoms with Gasteiger partial charge in [-0.3, -0.25) is 0 Å². The van der Waals surface area contributed by atoms with E-state index >= 15 is 0 Å². The van der Waals surface area contributed by atoms with Crippen molar-refractivity contribution < 1.29 is 4.74 Å². The lowest BCUT2D eigenvalue weighted by Gasteiger charge is -2.14. The number of halogens is 2. The fourth-order valence-corrected chi connectivity index (χ4v) is 2.20. The molecule has 0 aliphatic heterocycles. The predicted octanol–water partition coefficient (Wildman–Crippen LogP) is 4.22. The van der Waals surface area contributed by atoms with E-state index in [2.05, 4.69) is 27.3 Å². The zero-order valence-corrected chi connectivity index (χ0v) is 12.7. The number of nitrogens with one attached hydrogen (secondary N) is 1. The molecule has 0 bridgehead atoms. The Kier molecular flexibility index (Phi) is 5.10. The Hall–Kier alpha value is -0.510. The largest absolute Gasteiger partial charge is 0.488 e. The Balaban J connectivity index is 2.04. The van der Waals surface area contributed by atoms with E-state index < -0.39 is 0 Å². The van der Waals surface area contributed by atoms with Gasteiger partial charge in [-0.15, -0.1) is 0 Å². The molecule has 0 amide bonds. The third kappa shape index (κ3) is 4.01. The molecule has 2 rings (SSSR count). The minimum atomic E-state index is 0.516. The summed E-state index contributed by atoms with van der Waals surface area (Å²) in [5, 5.41) is 3.50. The maximum atomic E-state index is 5.83. The molecule has 0 radical (unpaired) electrons. The Morgan fingerprint density at radius 3 is 3.00 bits per heavy atom. The molecule has 1 N–H and O–H groups in total. The minimum Gasteiger partial charge on any atom is -0.488 e. The minimum absolute atomic E-state index is 0.516. The molecule has 1 aliphatic carbocycles. The fraction of sp³-hybridized carbons (Fsp3) is 0.429. The maximum Gasteiger partial charge on any atom is 0.138 e. The molecule has 2 nitrogen and oxygen atoms in total. The maximum absolute atomic E-state index is 5.83. The third-order valence-electron chi connectivity index (χ3n) is 2.84. The van der Waals surface area contributed by atoms with Crippen LogP contribution in [0.3, 0.4) is 0 Å². The van der Waals surface area contributed by atoms with Gasteiger partial charge in [-0.2, -0.15) is 0 Å². The molecule has 1 aromatic carbocycles. The van der Waals surface area contributed by atoms with Gasteiger partial charge >= 0.3 is 0 Å². The molecule has 0 heterocycles. The zero-order chi connectivity index (χ0) is 13.0. The van der Waals surface area contributed by atoms with Gasteiger partial charge in [0.05, 0.1) is 4.47 Å². The van der Waals surface area contributed by atoms with Gasteiger partial charge in [-0.1, -0.05) is 23.7 Å². The Morgan fingerprint density at radius 1 is 1.56 bits per heavy atom. The van der Waals surface area contributed by atoms with E-state index in [0.29, 0.717) is 12.6 Å². The SMILES string of the molecule is C/C(=C/Cl)COc1c(Br)cccc1CNC1CC1. The van der Waals surface area contributed by atoms with Crippen LogP contribution in [-0.2, 0) is 6.54 Å². The second-order valence-electron chi connectivity index (χ2n) is 4.63. The molecule has 1 aliphatic rings. The first-order valence-corrected chi connectivity index (χ1v) is 7.33. The fourth-order valence-electron chi connectivity index (χ4n) is 1.61. The highest BCUT2D eigenvalue weighted by Crippen LogP contribution is 2.30. The highest BCUT2D eigenvalue weighted by Gasteiger charge is 2.20. The van der Waals surface area contributed by atoms with Crippen molar-refractivity contribution >= 4 is 27.5 Å². The van der Waals surface area contributed by atoms with E-state index in [1.807, 2.05) is 19.1 Å². The molecular weight excluding hydrogens is 314 g/mol. The number of hydrogen-bond acceptors (Lipinski definition) is 2. The summed E-state index contributed by atoms with van der Waals surface area (Å²) in [7, 11) is 0. The van der Waals surface area contributed by atoms with Gasteiger partial charge in [-0.25, -0.2) is 0 Å². The van der Waals surface area contributed by atoms with Crippen LogP contribution in [0.4, 0.5) is 0 Å². The van der Waals surface area contributed by atoms with Gasteiger partial charge in [0.1, 0.15) is 12.4 Å². The first-order valence-electron chi connectivity index (χ1n) is 6.10.